The zero-order valence-corrected chi connectivity index (χ0v) is 13.5. The van der Waals surface area contributed by atoms with Gasteiger partial charge in [0.1, 0.15) is 5.25 Å². The molecule has 6 nitrogen and oxygen atoms in total. The minimum atomic E-state index is -3.45. The molecule has 0 radical (unpaired) electrons. The Hall–Kier alpha value is -0.690. The van der Waals surface area contributed by atoms with Crippen LogP contribution in [0, 0.1) is 10.1 Å². The van der Waals surface area contributed by atoms with Gasteiger partial charge in [0.15, 0.2) is 9.84 Å². The summed E-state index contributed by atoms with van der Waals surface area (Å²) in [6, 6.07) is -0.948. The molecular weight excluding hydrogens is 292 g/mol. The van der Waals surface area contributed by atoms with Crippen LogP contribution in [0.1, 0.15) is 58.3 Å². The molecule has 1 N–H and O–H groups in total. The summed E-state index contributed by atoms with van der Waals surface area (Å²) in [5.74, 6) is 0. The first-order chi connectivity index (χ1) is 9.98. The lowest BCUT2D eigenvalue weighted by atomic mass is 9.94. The van der Waals surface area contributed by atoms with Crippen LogP contribution >= 0.6 is 0 Å². The first-order valence-electron chi connectivity index (χ1n) is 8.08. The van der Waals surface area contributed by atoms with Gasteiger partial charge in [-0.15, -0.1) is 0 Å². The first kappa shape index (κ1) is 16.7. The molecule has 2 aliphatic carbocycles. The van der Waals surface area contributed by atoms with Crippen LogP contribution in [0.5, 0.6) is 0 Å². The summed E-state index contributed by atoms with van der Waals surface area (Å²) >= 11 is 0. The van der Waals surface area contributed by atoms with Crippen molar-refractivity contribution in [2.24, 2.45) is 0 Å². The second kappa shape index (κ2) is 7.05. The molecule has 2 saturated carbocycles. The zero-order valence-electron chi connectivity index (χ0n) is 12.7. The summed E-state index contributed by atoms with van der Waals surface area (Å²) in [7, 11) is -3.45. The molecule has 2 aliphatic rings. The summed E-state index contributed by atoms with van der Waals surface area (Å²) in [4.78, 5) is 10.9. The van der Waals surface area contributed by atoms with Crippen LogP contribution in [0.15, 0.2) is 0 Å². The Labute approximate surface area is 126 Å². The van der Waals surface area contributed by atoms with E-state index in [0.29, 0.717) is 19.3 Å². The molecular formula is C14H26N2O4S. The lowest BCUT2D eigenvalue weighted by Crippen LogP contribution is -2.53. The summed E-state index contributed by atoms with van der Waals surface area (Å²) < 4.78 is 26.0. The van der Waals surface area contributed by atoms with Gasteiger partial charge in [-0.2, -0.15) is 0 Å². The van der Waals surface area contributed by atoms with E-state index in [1.165, 1.54) is 0 Å². The Kier molecular flexibility index (Phi) is 5.60. The van der Waals surface area contributed by atoms with Crippen molar-refractivity contribution in [3.05, 3.63) is 10.1 Å². The first-order valence-corrected chi connectivity index (χ1v) is 9.69. The lowest BCUT2D eigenvalue weighted by Gasteiger charge is -2.36. The third kappa shape index (κ3) is 3.56. The molecule has 0 aromatic carbocycles. The van der Waals surface area contributed by atoms with E-state index in [2.05, 4.69) is 5.32 Å². The van der Waals surface area contributed by atoms with Crippen LogP contribution in [0.25, 0.3) is 0 Å². The Morgan fingerprint density at radius 2 is 1.62 bits per heavy atom. The van der Waals surface area contributed by atoms with Gasteiger partial charge in [0.25, 0.3) is 0 Å². The third-order valence-electron chi connectivity index (χ3n) is 4.95. The number of nitro groups is 1. The molecule has 7 heteroatoms. The fourth-order valence-corrected chi connectivity index (χ4v) is 6.71. The van der Waals surface area contributed by atoms with Crippen LogP contribution in [0.3, 0.4) is 0 Å². The lowest BCUT2D eigenvalue weighted by molar-refractivity contribution is -0.524. The second-order valence-corrected chi connectivity index (χ2v) is 8.64. The van der Waals surface area contributed by atoms with Gasteiger partial charge in [0, 0.05) is 17.4 Å². The number of nitrogens with one attached hydrogen (secondary N) is 1. The topological polar surface area (TPSA) is 89.3 Å². The Balaban J connectivity index is 2.23. The zero-order chi connectivity index (χ0) is 15.5. The maximum atomic E-state index is 13.0. The molecule has 0 aromatic rings. The average molecular weight is 318 g/mol. The van der Waals surface area contributed by atoms with Gasteiger partial charge < -0.3 is 5.32 Å². The van der Waals surface area contributed by atoms with Gasteiger partial charge in [-0.1, -0.05) is 26.2 Å². The smallest absolute Gasteiger partial charge is 0.229 e. The van der Waals surface area contributed by atoms with E-state index < -0.39 is 26.4 Å². The molecule has 0 heterocycles. The highest BCUT2D eigenvalue weighted by atomic mass is 32.2. The minimum absolute atomic E-state index is 0.0388. The van der Waals surface area contributed by atoms with Crippen molar-refractivity contribution in [1.29, 1.82) is 0 Å². The number of nitrogens with zero attached hydrogens (tertiary/aromatic N) is 1. The fraction of sp³-hybridized carbons (Fsp3) is 1.00. The highest BCUT2D eigenvalue weighted by Gasteiger charge is 2.48. The molecule has 0 aromatic heterocycles. The Morgan fingerprint density at radius 1 is 1.05 bits per heavy atom. The monoisotopic (exact) mass is 318 g/mol. The summed E-state index contributed by atoms with van der Waals surface area (Å²) in [6.45, 7) is 2.71. The fourth-order valence-electron chi connectivity index (χ4n) is 3.91. The summed E-state index contributed by atoms with van der Waals surface area (Å²) in [6.07, 6.45) is 5.83. The van der Waals surface area contributed by atoms with E-state index in [0.717, 1.165) is 38.6 Å². The van der Waals surface area contributed by atoms with Crippen molar-refractivity contribution in [1.82, 2.24) is 5.32 Å². The van der Waals surface area contributed by atoms with E-state index >= 15 is 0 Å². The van der Waals surface area contributed by atoms with E-state index in [9.17, 15) is 18.5 Å². The highest BCUT2D eigenvalue weighted by Crippen LogP contribution is 2.33. The van der Waals surface area contributed by atoms with Crippen molar-refractivity contribution < 1.29 is 13.3 Å². The molecule has 4 atom stereocenters. The molecule has 4 unspecified atom stereocenters. The molecule has 0 spiro atoms. The number of rotatable bonds is 5. The number of hydrogen-bond donors (Lipinski definition) is 1. The van der Waals surface area contributed by atoms with Crippen molar-refractivity contribution in [2.45, 2.75) is 80.9 Å². The van der Waals surface area contributed by atoms with Gasteiger partial charge >= 0.3 is 0 Å². The van der Waals surface area contributed by atoms with Crippen molar-refractivity contribution in [2.75, 3.05) is 6.54 Å². The van der Waals surface area contributed by atoms with Crippen LogP contribution in [-0.4, -0.2) is 42.5 Å². The Morgan fingerprint density at radius 3 is 2.24 bits per heavy atom. The maximum absolute atomic E-state index is 13.0. The van der Waals surface area contributed by atoms with Crippen LogP contribution in [-0.2, 0) is 9.84 Å². The average Bonchev–Trinajstić information content (AvgIpc) is 2.48. The highest BCUT2D eigenvalue weighted by molar-refractivity contribution is 7.92. The quantitative estimate of drug-likeness (QED) is 0.618. The molecule has 0 amide bonds. The van der Waals surface area contributed by atoms with E-state index in [1.54, 1.807) is 0 Å². The van der Waals surface area contributed by atoms with Gasteiger partial charge in [0.2, 0.25) is 6.04 Å². The summed E-state index contributed by atoms with van der Waals surface area (Å²) in [5, 5.41) is 13.3. The molecule has 122 valence electrons. The number of sulfone groups is 1. The molecule has 0 saturated heterocycles. The van der Waals surface area contributed by atoms with Gasteiger partial charge in [-0.25, -0.2) is 8.42 Å². The van der Waals surface area contributed by atoms with Crippen molar-refractivity contribution >= 4 is 9.84 Å². The molecule has 2 rings (SSSR count). The predicted octanol–water partition coefficient (Wildman–Crippen LogP) is 1.91. The molecule has 0 bridgehead atoms. The van der Waals surface area contributed by atoms with E-state index in [4.69, 9.17) is 0 Å². The standard InChI is InChI=1S/C14H26N2O4S/c1-2-15-11-7-3-5-9-13(11)21(19,20)14-10-6-4-8-12(14)16(17)18/h11-15H,2-10H2,1H3. The van der Waals surface area contributed by atoms with Gasteiger partial charge in [0.05, 0.1) is 5.25 Å². The third-order valence-corrected chi connectivity index (χ3v) is 7.75. The van der Waals surface area contributed by atoms with Crippen molar-refractivity contribution in [3.63, 3.8) is 0 Å². The molecule has 21 heavy (non-hydrogen) atoms. The van der Waals surface area contributed by atoms with Crippen LogP contribution in [0.4, 0.5) is 0 Å². The molecule has 2 fully saturated rings. The summed E-state index contributed by atoms with van der Waals surface area (Å²) in [5.41, 5.74) is 0. The van der Waals surface area contributed by atoms with Gasteiger partial charge in [-0.3, -0.25) is 10.1 Å². The van der Waals surface area contributed by atoms with Gasteiger partial charge in [-0.05, 0) is 32.2 Å². The maximum Gasteiger partial charge on any atom is 0.229 e. The predicted molar refractivity (Wildman–Crippen MR) is 81.7 cm³/mol. The van der Waals surface area contributed by atoms with Crippen LogP contribution < -0.4 is 5.32 Å². The van der Waals surface area contributed by atoms with E-state index in [1.807, 2.05) is 6.92 Å². The SMILES string of the molecule is CCNC1CCCCC1S(=O)(=O)C1CCCCC1[N+](=O)[O-]. The van der Waals surface area contributed by atoms with E-state index in [-0.39, 0.29) is 11.0 Å². The molecule has 0 aliphatic heterocycles. The number of hydrogen-bond acceptors (Lipinski definition) is 5. The minimum Gasteiger partial charge on any atom is -0.313 e. The Bertz CT molecular complexity index is 464. The van der Waals surface area contributed by atoms with Crippen LogP contribution in [0.2, 0.25) is 0 Å². The normalized spacial score (nSPS) is 34.5. The second-order valence-electron chi connectivity index (χ2n) is 6.25. The van der Waals surface area contributed by atoms with Crippen molar-refractivity contribution in [3.8, 4) is 0 Å². The largest absolute Gasteiger partial charge is 0.313 e.